The van der Waals surface area contributed by atoms with Crippen molar-refractivity contribution in [2.24, 2.45) is 0 Å². The fraction of sp³-hybridized carbons (Fsp3) is 0.455. The first kappa shape index (κ1) is 21.5. The zero-order chi connectivity index (χ0) is 21.4. The van der Waals surface area contributed by atoms with Gasteiger partial charge in [0.15, 0.2) is 0 Å². The van der Waals surface area contributed by atoms with Gasteiger partial charge >= 0.3 is 0 Å². The van der Waals surface area contributed by atoms with Crippen LogP contribution >= 0.6 is 11.6 Å². The third-order valence-corrected chi connectivity index (χ3v) is 6.27. The maximum atomic E-state index is 13.0. The molecule has 162 valence electrons. The highest BCUT2D eigenvalue weighted by molar-refractivity contribution is 6.31. The summed E-state index contributed by atoms with van der Waals surface area (Å²) < 4.78 is 23.7. The molecule has 30 heavy (non-hydrogen) atoms. The molecule has 4 rings (SSSR count). The minimum Gasteiger partial charge on any atom is -0.462 e. The second-order valence-electron chi connectivity index (χ2n) is 7.76. The number of aliphatic hydroxyl groups excluding tert-OH is 4. The van der Waals surface area contributed by atoms with Crippen LogP contribution in [0.15, 0.2) is 30.3 Å². The zero-order valence-electron chi connectivity index (χ0n) is 16.2. The van der Waals surface area contributed by atoms with Gasteiger partial charge in [0.25, 0.3) is 0 Å². The van der Waals surface area contributed by atoms with Gasteiger partial charge in [-0.15, -0.1) is 0 Å². The number of rotatable bonds is 6. The van der Waals surface area contributed by atoms with Crippen molar-refractivity contribution in [1.29, 1.82) is 0 Å². The average Bonchev–Trinajstić information content (AvgIpc) is 2.71. The largest absolute Gasteiger partial charge is 0.462 e. The lowest BCUT2D eigenvalue weighted by atomic mass is 9.86. The zero-order valence-corrected chi connectivity index (χ0v) is 16.9. The fourth-order valence-electron chi connectivity index (χ4n) is 4.10. The van der Waals surface area contributed by atoms with Crippen LogP contribution in [0.1, 0.15) is 33.9 Å². The SMILES string of the molecule is OC[C@H]1O[C@@H](c2cc(Cc3ccc4c(c3)CC4)c(Cl)cc2OCF)[C@H](O)[C@@H](O)[C@@H]1O. The first-order valence-corrected chi connectivity index (χ1v) is 10.2. The van der Waals surface area contributed by atoms with Crippen molar-refractivity contribution in [1.82, 2.24) is 0 Å². The molecule has 1 aliphatic heterocycles. The Labute approximate surface area is 178 Å². The molecule has 0 aromatic heterocycles. The lowest BCUT2D eigenvalue weighted by Gasteiger charge is -2.40. The molecule has 0 saturated carbocycles. The van der Waals surface area contributed by atoms with Crippen molar-refractivity contribution in [2.75, 3.05) is 13.5 Å². The van der Waals surface area contributed by atoms with E-state index in [4.69, 9.17) is 21.1 Å². The standard InChI is InChI=1S/C22H24ClFO6/c23-16-8-17(29-10-24)15(22-21(28)20(27)19(26)18(9-25)30-22)7-14(16)6-11-1-2-12-3-4-13(12)5-11/h1-2,5,7-8,18-22,25-28H,3-4,6,9-10H2/t18-,19-,20+,21-,22+/m1/s1. The van der Waals surface area contributed by atoms with E-state index in [1.165, 1.54) is 17.2 Å². The minimum absolute atomic E-state index is 0.0627. The van der Waals surface area contributed by atoms with Crippen LogP contribution < -0.4 is 4.74 Å². The van der Waals surface area contributed by atoms with Gasteiger partial charge in [0.1, 0.15) is 36.3 Å². The molecule has 1 heterocycles. The molecule has 0 bridgehead atoms. The van der Waals surface area contributed by atoms with Gasteiger partial charge in [0.05, 0.1) is 6.61 Å². The van der Waals surface area contributed by atoms with Gasteiger partial charge in [-0.05, 0) is 53.6 Å². The lowest BCUT2D eigenvalue weighted by molar-refractivity contribution is -0.232. The summed E-state index contributed by atoms with van der Waals surface area (Å²) in [5.74, 6) is 0.0627. The van der Waals surface area contributed by atoms with Crippen LogP contribution in [-0.2, 0) is 24.0 Å². The number of ether oxygens (including phenoxy) is 2. The molecule has 0 spiro atoms. The highest BCUT2D eigenvalue weighted by atomic mass is 35.5. The van der Waals surface area contributed by atoms with Crippen molar-refractivity contribution < 1.29 is 34.3 Å². The van der Waals surface area contributed by atoms with Crippen LogP contribution in [0.4, 0.5) is 4.39 Å². The highest BCUT2D eigenvalue weighted by Crippen LogP contribution is 2.40. The van der Waals surface area contributed by atoms with E-state index < -0.39 is 44.0 Å². The second kappa shape index (κ2) is 8.78. The van der Waals surface area contributed by atoms with E-state index in [1.807, 2.05) is 6.07 Å². The van der Waals surface area contributed by atoms with Crippen molar-refractivity contribution in [3.63, 3.8) is 0 Å². The Morgan fingerprint density at radius 3 is 2.43 bits per heavy atom. The molecule has 0 radical (unpaired) electrons. The molecule has 8 heteroatoms. The van der Waals surface area contributed by atoms with E-state index >= 15 is 0 Å². The molecule has 6 nitrogen and oxygen atoms in total. The molecule has 2 aromatic rings. The van der Waals surface area contributed by atoms with E-state index in [0.717, 1.165) is 18.4 Å². The van der Waals surface area contributed by atoms with Crippen LogP contribution in [-0.4, -0.2) is 58.3 Å². The lowest BCUT2D eigenvalue weighted by Crippen LogP contribution is -2.55. The van der Waals surface area contributed by atoms with Gasteiger partial charge in [-0.3, -0.25) is 0 Å². The maximum Gasteiger partial charge on any atom is 0.228 e. The molecule has 1 fully saturated rings. The van der Waals surface area contributed by atoms with Gasteiger partial charge in [-0.2, -0.15) is 0 Å². The van der Waals surface area contributed by atoms with E-state index in [0.29, 0.717) is 17.0 Å². The average molecular weight is 439 g/mol. The number of hydrogen-bond donors (Lipinski definition) is 4. The first-order chi connectivity index (χ1) is 14.4. The van der Waals surface area contributed by atoms with Crippen molar-refractivity contribution in [2.45, 2.75) is 49.8 Å². The first-order valence-electron chi connectivity index (χ1n) is 9.85. The molecule has 2 aromatic carbocycles. The molecule has 1 saturated heterocycles. The second-order valence-corrected chi connectivity index (χ2v) is 8.17. The number of alkyl halides is 1. The summed E-state index contributed by atoms with van der Waals surface area (Å²) in [6.45, 7) is -1.68. The summed E-state index contributed by atoms with van der Waals surface area (Å²) in [6.07, 6.45) is -4.12. The summed E-state index contributed by atoms with van der Waals surface area (Å²) in [5.41, 5.74) is 4.73. The van der Waals surface area contributed by atoms with Gasteiger partial charge in [-0.25, -0.2) is 4.39 Å². The summed E-state index contributed by atoms with van der Waals surface area (Å²) >= 11 is 6.42. The van der Waals surface area contributed by atoms with E-state index in [2.05, 4.69) is 12.1 Å². The summed E-state index contributed by atoms with van der Waals surface area (Å²) in [4.78, 5) is 0. The minimum atomic E-state index is -1.55. The van der Waals surface area contributed by atoms with E-state index in [9.17, 15) is 24.8 Å². The van der Waals surface area contributed by atoms with Crippen LogP contribution in [0.25, 0.3) is 0 Å². The Hall–Kier alpha value is -1.74. The van der Waals surface area contributed by atoms with Crippen LogP contribution in [0.3, 0.4) is 0 Å². The van der Waals surface area contributed by atoms with Crippen LogP contribution in [0, 0.1) is 0 Å². The normalized spacial score (nSPS) is 28.0. The van der Waals surface area contributed by atoms with Gasteiger partial charge < -0.3 is 29.9 Å². The van der Waals surface area contributed by atoms with Crippen LogP contribution in [0.5, 0.6) is 5.75 Å². The number of aliphatic hydroxyl groups is 4. The van der Waals surface area contributed by atoms with Crippen molar-refractivity contribution in [3.8, 4) is 5.75 Å². The van der Waals surface area contributed by atoms with E-state index in [-0.39, 0.29) is 11.3 Å². The van der Waals surface area contributed by atoms with Gasteiger partial charge in [0, 0.05) is 10.6 Å². The number of benzene rings is 2. The van der Waals surface area contributed by atoms with Gasteiger partial charge in [0.2, 0.25) is 6.86 Å². The van der Waals surface area contributed by atoms with Crippen molar-refractivity contribution in [3.05, 3.63) is 63.2 Å². The number of fused-ring (bicyclic) bond motifs is 1. The number of aryl methyl sites for hydroxylation is 2. The quantitative estimate of drug-likeness (QED) is 0.549. The highest BCUT2D eigenvalue weighted by Gasteiger charge is 2.45. The number of hydrogen-bond acceptors (Lipinski definition) is 6. The molecule has 1 aliphatic carbocycles. The Kier molecular flexibility index (Phi) is 6.29. The summed E-state index contributed by atoms with van der Waals surface area (Å²) in [5, 5.41) is 40.5. The Morgan fingerprint density at radius 1 is 1.03 bits per heavy atom. The molecule has 4 N–H and O–H groups in total. The summed E-state index contributed by atoms with van der Waals surface area (Å²) in [7, 11) is 0. The molecule has 0 unspecified atom stereocenters. The Balaban J connectivity index is 1.70. The molecule has 5 atom stereocenters. The van der Waals surface area contributed by atoms with Crippen molar-refractivity contribution >= 4 is 11.6 Å². The predicted molar refractivity (Wildman–Crippen MR) is 107 cm³/mol. The van der Waals surface area contributed by atoms with Gasteiger partial charge in [-0.1, -0.05) is 29.8 Å². The molecule has 2 aliphatic rings. The third-order valence-electron chi connectivity index (χ3n) is 5.92. The molecular formula is C22H24ClFO6. The Morgan fingerprint density at radius 2 is 1.80 bits per heavy atom. The summed E-state index contributed by atoms with van der Waals surface area (Å²) in [6, 6.07) is 9.37. The van der Waals surface area contributed by atoms with E-state index in [1.54, 1.807) is 6.07 Å². The monoisotopic (exact) mass is 438 g/mol. The predicted octanol–water partition coefficient (Wildman–Crippen LogP) is 1.85. The molecule has 0 amide bonds. The number of halogens is 2. The fourth-order valence-corrected chi connectivity index (χ4v) is 4.32. The topological polar surface area (TPSA) is 99.4 Å². The smallest absolute Gasteiger partial charge is 0.228 e. The molecular weight excluding hydrogens is 415 g/mol. The third kappa shape index (κ3) is 3.93. The Bertz CT molecular complexity index is 921. The maximum absolute atomic E-state index is 13.0. The van der Waals surface area contributed by atoms with Crippen LogP contribution in [0.2, 0.25) is 5.02 Å².